The summed E-state index contributed by atoms with van der Waals surface area (Å²) in [6, 6.07) is 1.54. The smallest absolute Gasteiger partial charge is 0.398 e. The lowest BCUT2D eigenvalue weighted by molar-refractivity contribution is -0.141. The molecule has 0 saturated carbocycles. The monoisotopic (exact) mass is 327 g/mol. The fraction of sp³-hybridized carbons (Fsp3) is 0.571. The molecule has 0 radical (unpaired) electrons. The van der Waals surface area contributed by atoms with E-state index in [1.807, 2.05) is 27.7 Å². The Hall–Kier alpha value is -1.61. The van der Waals surface area contributed by atoms with Gasteiger partial charge in [-0.3, -0.25) is 9.67 Å². The zero-order valence-corrected chi connectivity index (χ0v) is 13.3. The van der Waals surface area contributed by atoms with E-state index < -0.39 is 31.0 Å². The first kappa shape index (κ1) is 16.3. The fourth-order valence-corrected chi connectivity index (χ4v) is 2.38. The van der Waals surface area contributed by atoms with Gasteiger partial charge in [-0.1, -0.05) is 0 Å². The highest BCUT2D eigenvalue weighted by Gasteiger charge is 2.52. The zero-order chi connectivity index (χ0) is 17.0. The molecule has 0 unspecified atom stereocenters. The molecule has 0 aromatic carbocycles. The van der Waals surface area contributed by atoms with Gasteiger partial charge in [0.25, 0.3) is 0 Å². The minimum atomic E-state index is -4.34. The van der Waals surface area contributed by atoms with Crippen LogP contribution in [-0.4, -0.2) is 39.3 Å². The minimum absolute atomic E-state index is 0.349. The Bertz CT molecular complexity index is 726. The Kier molecular flexibility index (Phi) is 3.49. The summed E-state index contributed by atoms with van der Waals surface area (Å²) in [5.41, 5.74) is -0.303. The van der Waals surface area contributed by atoms with Crippen LogP contribution >= 0.6 is 0 Å². The first-order valence-corrected chi connectivity index (χ1v) is 7.22. The Morgan fingerprint density at radius 3 is 2.30 bits per heavy atom. The predicted molar refractivity (Wildman–Crippen MR) is 79.3 cm³/mol. The van der Waals surface area contributed by atoms with Crippen LogP contribution in [0.15, 0.2) is 18.5 Å². The minimum Gasteiger partial charge on any atom is -0.398 e. The molecule has 9 heteroatoms. The maximum absolute atomic E-state index is 12.6. The third kappa shape index (κ3) is 2.95. The molecule has 2 aromatic rings. The predicted octanol–water partition coefficient (Wildman–Crippen LogP) is 2.29. The molecule has 5 nitrogen and oxygen atoms in total. The second-order valence-corrected chi connectivity index (χ2v) is 6.67. The number of halogens is 3. The molecule has 1 aliphatic rings. The van der Waals surface area contributed by atoms with Crippen LogP contribution in [0.25, 0.3) is 10.9 Å². The number of hydrogen-bond donors (Lipinski definition) is 0. The maximum Gasteiger partial charge on any atom is 0.514 e. The summed E-state index contributed by atoms with van der Waals surface area (Å²) in [6.07, 6.45) is -1.50. The van der Waals surface area contributed by atoms with Crippen LogP contribution in [0, 0.1) is 0 Å². The maximum atomic E-state index is 12.6. The van der Waals surface area contributed by atoms with E-state index in [4.69, 9.17) is 9.31 Å². The van der Waals surface area contributed by atoms with Gasteiger partial charge in [-0.15, -0.1) is 0 Å². The summed E-state index contributed by atoms with van der Waals surface area (Å²) in [5.74, 6) is 0. The highest BCUT2D eigenvalue weighted by Crippen LogP contribution is 2.36. The molecule has 0 aliphatic carbocycles. The summed E-state index contributed by atoms with van der Waals surface area (Å²) in [7, 11) is -0.723. The Morgan fingerprint density at radius 2 is 1.74 bits per heavy atom. The van der Waals surface area contributed by atoms with Gasteiger partial charge < -0.3 is 9.31 Å². The molecule has 2 aromatic heterocycles. The van der Waals surface area contributed by atoms with Gasteiger partial charge in [0.05, 0.1) is 28.5 Å². The lowest BCUT2D eigenvalue weighted by atomic mass is 9.84. The van der Waals surface area contributed by atoms with Crippen LogP contribution in [0.3, 0.4) is 0 Å². The molecule has 124 valence electrons. The first-order chi connectivity index (χ1) is 10.5. The quantitative estimate of drug-likeness (QED) is 0.794. The van der Waals surface area contributed by atoms with Gasteiger partial charge >= 0.3 is 13.3 Å². The Balaban J connectivity index is 1.96. The number of pyridine rings is 1. The molecule has 3 heterocycles. The Morgan fingerprint density at radius 1 is 1.13 bits per heavy atom. The van der Waals surface area contributed by atoms with Crippen molar-refractivity contribution in [2.24, 2.45) is 0 Å². The number of nitrogens with zero attached hydrogens (tertiary/aromatic N) is 3. The van der Waals surface area contributed by atoms with Crippen LogP contribution in [0.4, 0.5) is 13.2 Å². The number of alkyl halides is 3. The summed E-state index contributed by atoms with van der Waals surface area (Å²) in [4.78, 5) is 4.25. The van der Waals surface area contributed by atoms with E-state index in [-0.39, 0.29) is 0 Å². The molecule has 0 bridgehead atoms. The Labute approximate surface area is 131 Å². The zero-order valence-electron chi connectivity index (χ0n) is 13.3. The molecule has 3 rings (SSSR count). The van der Waals surface area contributed by atoms with Gasteiger partial charge in [0.15, 0.2) is 0 Å². The summed E-state index contributed by atoms with van der Waals surface area (Å²) in [5, 5.41) is 4.32. The largest absolute Gasteiger partial charge is 0.514 e. The van der Waals surface area contributed by atoms with Crippen molar-refractivity contribution in [3.8, 4) is 0 Å². The van der Waals surface area contributed by atoms with E-state index in [1.54, 1.807) is 0 Å². The van der Waals surface area contributed by atoms with E-state index in [9.17, 15) is 13.2 Å². The van der Waals surface area contributed by atoms with E-state index in [0.717, 1.165) is 4.68 Å². The van der Waals surface area contributed by atoms with E-state index in [2.05, 4.69) is 10.1 Å². The first-order valence-electron chi connectivity index (χ1n) is 7.22. The van der Waals surface area contributed by atoms with Gasteiger partial charge in [-0.05, 0) is 33.8 Å². The second kappa shape index (κ2) is 4.94. The highest BCUT2D eigenvalue weighted by atomic mass is 19.4. The van der Waals surface area contributed by atoms with Gasteiger partial charge in [0.2, 0.25) is 0 Å². The molecule has 1 aliphatic heterocycles. The van der Waals surface area contributed by atoms with Crippen molar-refractivity contribution in [1.29, 1.82) is 0 Å². The molecule has 0 atom stereocenters. The van der Waals surface area contributed by atoms with Crippen LogP contribution in [0.5, 0.6) is 0 Å². The number of rotatable bonds is 2. The van der Waals surface area contributed by atoms with Crippen molar-refractivity contribution >= 4 is 23.6 Å². The third-order valence-electron chi connectivity index (χ3n) is 4.37. The second-order valence-electron chi connectivity index (χ2n) is 6.67. The normalized spacial score (nSPS) is 20.4. The average Bonchev–Trinajstić information content (AvgIpc) is 2.86. The summed E-state index contributed by atoms with van der Waals surface area (Å²) in [6.45, 7) is 6.46. The van der Waals surface area contributed by atoms with Crippen LogP contribution in [-0.2, 0) is 15.9 Å². The summed E-state index contributed by atoms with van der Waals surface area (Å²) < 4.78 is 50.5. The SMILES string of the molecule is CC1(C)OB(c2cc3c(cn2)cnn3CC(F)(F)F)OC1(C)C. The van der Waals surface area contributed by atoms with E-state index in [1.165, 1.54) is 18.5 Å². The standard InChI is InChI=1S/C14H17BF3N3O2/c1-12(2)13(3,4)23-15(22-12)11-5-10-9(6-19-11)7-20-21(10)8-14(16,17)18/h5-7H,8H2,1-4H3. The van der Waals surface area contributed by atoms with Gasteiger partial charge in [-0.2, -0.15) is 18.3 Å². The van der Waals surface area contributed by atoms with Crippen LogP contribution < -0.4 is 5.59 Å². The van der Waals surface area contributed by atoms with Crippen molar-refractivity contribution in [3.63, 3.8) is 0 Å². The molecule has 0 spiro atoms. The molecular formula is C14H17BF3N3O2. The van der Waals surface area contributed by atoms with Gasteiger partial charge in [0, 0.05) is 11.6 Å². The summed E-state index contributed by atoms with van der Waals surface area (Å²) >= 11 is 0. The number of hydrogen-bond acceptors (Lipinski definition) is 4. The highest BCUT2D eigenvalue weighted by molar-refractivity contribution is 6.61. The topological polar surface area (TPSA) is 49.2 Å². The van der Waals surface area contributed by atoms with Crippen molar-refractivity contribution in [2.75, 3.05) is 0 Å². The molecule has 0 N–H and O–H groups in total. The molecule has 1 fully saturated rings. The molecule has 1 saturated heterocycles. The van der Waals surface area contributed by atoms with Crippen LogP contribution in [0.2, 0.25) is 0 Å². The van der Waals surface area contributed by atoms with Crippen LogP contribution in [0.1, 0.15) is 27.7 Å². The number of fused-ring (bicyclic) bond motifs is 1. The lowest BCUT2D eigenvalue weighted by Gasteiger charge is -2.32. The van der Waals surface area contributed by atoms with Crippen molar-refractivity contribution in [3.05, 3.63) is 18.5 Å². The lowest BCUT2D eigenvalue weighted by Crippen LogP contribution is -2.41. The third-order valence-corrected chi connectivity index (χ3v) is 4.37. The van der Waals surface area contributed by atoms with E-state index >= 15 is 0 Å². The van der Waals surface area contributed by atoms with E-state index in [0.29, 0.717) is 16.5 Å². The van der Waals surface area contributed by atoms with Crippen molar-refractivity contribution < 1.29 is 22.5 Å². The van der Waals surface area contributed by atoms with Crippen molar-refractivity contribution in [2.45, 2.75) is 51.6 Å². The molecule has 0 amide bonds. The van der Waals surface area contributed by atoms with Crippen molar-refractivity contribution in [1.82, 2.24) is 14.8 Å². The van der Waals surface area contributed by atoms with Gasteiger partial charge in [0.1, 0.15) is 6.54 Å². The fourth-order valence-electron chi connectivity index (χ4n) is 2.38. The molecular weight excluding hydrogens is 310 g/mol. The number of aromatic nitrogens is 3. The average molecular weight is 327 g/mol. The van der Waals surface area contributed by atoms with Gasteiger partial charge in [-0.25, -0.2) is 0 Å². The molecule has 23 heavy (non-hydrogen) atoms.